The maximum atomic E-state index is 13.7. The van der Waals surface area contributed by atoms with Crippen molar-refractivity contribution in [3.63, 3.8) is 0 Å². The molecule has 1 atom stereocenters. The lowest BCUT2D eigenvalue weighted by atomic mass is 9.77. The highest BCUT2D eigenvalue weighted by Crippen LogP contribution is 2.45. The average molecular weight is 546 g/mol. The molecule has 204 valence electrons. The number of carbonyl (C=O) groups is 3. The van der Waals surface area contributed by atoms with Crippen molar-refractivity contribution in [3.05, 3.63) is 69.7 Å². The lowest BCUT2D eigenvalue weighted by Crippen LogP contribution is -2.45. The van der Waals surface area contributed by atoms with Crippen LogP contribution >= 0.6 is 11.6 Å². The molecule has 7 heteroatoms. The maximum absolute atomic E-state index is 13.7. The fourth-order valence-corrected chi connectivity index (χ4v) is 7.40. The van der Waals surface area contributed by atoms with E-state index in [0.717, 1.165) is 95.1 Å². The van der Waals surface area contributed by atoms with E-state index in [0.29, 0.717) is 16.5 Å². The number of benzene rings is 2. The Kier molecular flexibility index (Phi) is 6.22. The van der Waals surface area contributed by atoms with Gasteiger partial charge in [-0.05, 0) is 98.6 Å². The first-order chi connectivity index (χ1) is 18.9. The van der Waals surface area contributed by atoms with Gasteiger partial charge in [-0.15, -0.1) is 0 Å². The number of likely N-dealkylation sites (tertiary alicyclic amines) is 2. The normalized spacial score (nSPS) is 23.7. The number of piperidine rings is 1. The molecule has 0 radical (unpaired) electrons. The van der Waals surface area contributed by atoms with Gasteiger partial charge in [0.25, 0.3) is 11.8 Å². The van der Waals surface area contributed by atoms with E-state index in [9.17, 15) is 14.4 Å². The van der Waals surface area contributed by atoms with Gasteiger partial charge in [0.2, 0.25) is 5.91 Å². The van der Waals surface area contributed by atoms with Gasteiger partial charge in [0.1, 0.15) is 0 Å². The number of halogens is 1. The molecule has 1 unspecified atom stereocenters. The molecule has 3 aliphatic carbocycles. The molecule has 2 saturated heterocycles. The molecule has 0 bridgehead atoms. The summed E-state index contributed by atoms with van der Waals surface area (Å²) in [6.45, 7) is 3.20. The Bertz CT molecular complexity index is 1330. The molecule has 2 aliphatic heterocycles. The molecule has 0 N–H and O–H groups in total. The van der Waals surface area contributed by atoms with E-state index in [-0.39, 0.29) is 35.2 Å². The van der Waals surface area contributed by atoms with Crippen molar-refractivity contribution in [1.82, 2.24) is 14.7 Å². The highest BCUT2D eigenvalue weighted by atomic mass is 35.5. The minimum absolute atomic E-state index is 0.00864. The largest absolute Gasteiger partial charge is 0.342 e. The maximum Gasteiger partial charge on any atom is 0.256 e. The molecule has 5 aliphatic rings. The van der Waals surface area contributed by atoms with Gasteiger partial charge in [0, 0.05) is 43.7 Å². The second kappa shape index (κ2) is 9.65. The molecular formula is C32H36ClN3O3. The van der Waals surface area contributed by atoms with Crippen LogP contribution in [0.2, 0.25) is 5.02 Å². The molecule has 1 spiro atoms. The van der Waals surface area contributed by atoms with Crippen molar-refractivity contribution in [2.75, 3.05) is 26.2 Å². The van der Waals surface area contributed by atoms with Crippen LogP contribution in [-0.4, -0.2) is 64.6 Å². The summed E-state index contributed by atoms with van der Waals surface area (Å²) in [6.07, 6.45) is 8.91. The molecule has 2 heterocycles. The topological polar surface area (TPSA) is 60.9 Å². The lowest BCUT2D eigenvalue weighted by Gasteiger charge is -2.39. The number of aryl methyl sites for hydroxylation is 1. The standard InChI is InChI=1S/C32H36ClN3O3/c33-27-4-2-1-3-25(27)31(39)36(24-10-11-24)28-12-9-21-5-8-23(19-26(21)28)30(38)35-18-15-32(20-35)13-16-34(17-14-32)29(37)22-6-7-22/h1-5,8,19,22,24,28H,6-7,9-18,20H2. The van der Waals surface area contributed by atoms with E-state index in [1.165, 1.54) is 5.56 Å². The predicted molar refractivity (Wildman–Crippen MR) is 150 cm³/mol. The minimum atomic E-state index is -0.0257. The third kappa shape index (κ3) is 4.65. The number of amides is 3. The van der Waals surface area contributed by atoms with Crippen LogP contribution in [-0.2, 0) is 11.2 Å². The highest BCUT2D eigenvalue weighted by molar-refractivity contribution is 6.33. The summed E-state index contributed by atoms with van der Waals surface area (Å²) in [5.41, 5.74) is 3.77. The van der Waals surface area contributed by atoms with Crippen LogP contribution < -0.4 is 0 Å². The Morgan fingerprint density at radius 2 is 1.59 bits per heavy atom. The Morgan fingerprint density at radius 3 is 2.28 bits per heavy atom. The van der Waals surface area contributed by atoms with Gasteiger partial charge in [0.05, 0.1) is 16.6 Å². The second-order valence-corrected chi connectivity index (χ2v) is 12.9. The molecule has 0 aromatic heterocycles. The summed E-state index contributed by atoms with van der Waals surface area (Å²) < 4.78 is 0. The summed E-state index contributed by atoms with van der Waals surface area (Å²) in [4.78, 5) is 46.1. The zero-order valence-electron chi connectivity index (χ0n) is 22.4. The monoisotopic (exact) mass is 545 g/mol. The highest BCUT2D eigenvalue weighted by Gasteiger charge is 2.45. The number of hydrogen-bond acceptors (Lipinski definition) is 3. The Balaban J connectivity index is 1.07. The number of fused-ring (bicyclic) bond motifs is 1. The Hall–Kier alpha value is -2.86. The minimum Gasteiger partial charge on any atom is -0.342 e. The predicted octanol–water partition coefficient (Wildman–Crippen LogP) is 5.50. The van der Waals surface area contributed by atoms with E-state index < -0.39 is 0 Å². The van der Waals surface area contributed by atoms with Crippen molar-refractivity contribution < 1.29 is 14.4 Å². The van der Waals surface area contributed by atoms with Gasteiger partial charge < -0.3 is 14.7 Å². The summed E-state index contributed by atoms with van der Waals surface area (Å²) >= 11 is 6.42. The van der Waals surface area contributed by atoms with E-state index in [4.69, 9.17) is 11.6 Å². The zero-order valence-corrected chi connectivity index (χ0v) is 23.2. The van der Waals surface area contributed by atoms with Crippen LogP contribution in [0.3, 0.4) is 0 Å². The van der Waals surface area contributed by atoms with Crippen LogP contribution in [0.5, 0.6) is 0 Å². The summed E-state index contributed by atoms with van der Waals surface area (Å²) in [5, 5.41) is 0.487. The molecule has 2 aromatic rings. The third-order valence-corrected chi connectivity index (χ3v) is 10.2. The quantitative estimate of drug-likeness (QED) is 0.498. The first kappa shape index (κ1) is 25.1. The van der Waals surface area contributed by atoms with E-state index in [2.05, 4.69) is 17.0 Å². The van der Waals surface area contributed by atoms with Crippen LogP contribution in [0.15, 0.2) is 42.5 Å². The number of hydrogen-bond donors (Lipinski definition) is 0. The van der Waals surface area contributed by atoms with Crippen molar-refractivity contribution in [3.8, 4) is 0 Å². The van der Waals surface area contributed by atoms with Gasteiger partial charge in [-0.1, -0.05) is 29.8 Å². The van der Waals surface area contributed by atoms with Crippen LogP contribution in [0.25, 0.3) is 0 Å². The molecule has 2 saturated carbocycles. The first-order valence-electron chi connectivity index (χ1n) is 14.7. The van der Waals surface area contributed by atoms with Crippen molar-refractivity contribution in [1.29, 1.82) is 0 Å². The van der Waals surface area contributed by atoms with Gasteiger partial charge in [-0.3, -0.25) is 14.4 Å². The first-order valence-corrected chi connectivity index (χ1v) is 15.1. The van der Waals surface area contributed by atoms with Gasteiger partial charge >= 0.3 is 0 Å². The summed E-state index contributed by atoms with van der Waals surface area (Å²) in [5.74, 6) is 0.703. The summed E-state index contributed by atoms with van der Waals surface area (Å²) in [6, 6.07) is 13.6. The van der Waals surface area contributed by atoms with E-state index >= 15 is 0 Å². The number of rotatable bonds is 5. The Morgan fingerprint density at radius 1 is 0.872 bits per heavy atom. The van der Waals surface area contributed by atoms with Crippen LogP contribution in [0.1, 0.15) is 89.3 Å². The molecule has 6 nitrogen and oxygen atoms in total. The van der Waals surface area contributed by atoms with Crippen molar-refractivity contribution >= 4 is 29.3 Å². The molecule has 4 fully saturated rings. The second-order valence-electron chi connectivity index (χ2n) is 12.5. The SMILES string of the molecule is O=C(c1ccc2c(c1)C(N(C(=O)c1ccccc1Cl)C1CC1)CC2)N1CCC2(CCN(C(=O)C3CC3)CC2)C1. The molecule has 2 aromatic carbocycles. The van der Waals surface area contributed by atoms with Gasteiger partial charge in [-0.2, -0.15) is 0 Å². The average Bonchev–Trinajstić information content (AvgIpc) is 3.89. The Labute approximate surface area is 235 Å². The number of carbonyl (C=O) groups excluding carboxylic acids is 3. The third-order valence-electron chi connectivity index (χ3n) is 9.84. The lowest BCUT2D eigenvalue weighted by molar-refractivity contribution is -0.134. The van der Waals surface area contributed by atoms with Crippen molar-refractivity contribution in [2.24, 2.45) is 11.3 Å². The molecule has 3 amide bonds. The van der Waals surface area contributed by atoms with E-state index in [1.807, 2.05) is 34.1 Å². The van der Waals surface area contributed by atoms with Gasteiger partial charge in [-0.25, -0.2) is 0 Å². The molecule has 39 heavy (non-hydrogen) atoms. The molecular weight excluding hydrogens is 510 g/mol. The van der Waals surface area contributed by atoms with Crippen LogP contribution in [0.4, 0.5) is 0 Å². The fourth-order valence-electron chi connectivity index (χ4n) is 7.18. The van der Waals surface area contributed by atoms with E-state index in [1.54, 1.807) is 6.07 Å². The molecule has 7 rings (SSSR count). The summed E-state index contributed by atoms with van der Waals surface area (Å²) in [7, 11) is 0. The van der Waals surface area contributed by atoms with Crippen molar-refractivity contribution in [2.45, 2.75) is 69.9 Å². The number of nitrogens with zero attached hydrogens (tertiary/aromatic N) is 3. The van der Waals surface area contributed by atoms with Gasteiger partial charge in [0.15, 0.2) is 0 Å². The fraction of sp³-hybridized carbons (Fsp3) is 0.531. The van der Waals surface area contributed by atoms with Crippen LogP contribution in [0, 0.1) is 11.3 Å². The zero-order chi connectivity index (χ0) is 26.7. The smallest absolute Gasteiger partial charge is 0.256 e.